The van der Waals surface area contributed by atoms with E-state index in [1.165, 1.54) is 6.07 Å². The Hall–Kier alpha value is -2.31. The highest BCUT2D eigenvalue weighted by Gasteiger charge is 2.33. The van der Waals surface area contributed by atoms with Crippen LogP contribution in [0.5, 0.6) is 0 Å². The van der Waals surface area contributed by atoms with Crippen LogP contribution in [0.3, 0.4) is 0 Å². The fourth-order valence-corrected chi connectivity index (χ4v) is 2.38. The van der Waals surface area contributed by atoms with Gasteiger partial charge in [0.1, 0.15) is 11.6 Å². The van der Waals surface area contributed by atoms with E-state index in [2.05, 4.69) is 14.9 Å². The fraction of sp³-hybridized carbons (Fsp3) is 0.333. The van der Waals surface area contributed by atoms with E-state index < -0.39 is 11.7 Å². The molecule has 0 radical (unpaired) electrons. The summed E-state index contributed by atoms with van der Waals surface area (Å²) in [4.78, 5) is 12.2. The van der Waals surface area contributed by atoms with Crippen LogP contribution in [0.1, 0.15) is 5.56 Å². The normalized spacial score (nSPS) is 15.5. The highest BCUT2D eigenvalue weighted by molar-refractivity contribution is 5.48. The van der Waals surface area contributed by atoms with Crippen molar-refractivity contribution < 1.29 is 13.2 Å². The number of hydrogen-bond donors (Lipinski definition) is 0. The first-order chi connectivity index (χ1) is 10.4. The maximum absolute atomic E-state index is 12.5. The average molecular weight is 308 g/mol. The van der Waals surface area contributed by atoms with Crippen LogP contribution in [0.25, 0.3) is 0 Å². The molecule has 7 heteroatoms. The van der Waals surface area contributed by atoms with Crippen molar-refractivity contribution in [1.82, 2.24) is 9.97 Å². The summed E-state index contributed by atoms with van der Waals surface area (Å²) < 4.78 is 37.6. The Balaban J connectivity index is 1.63. The minimum Gasteiger partial charge on any atom is -0.353 e. The third-order valence-electron chi connectivity index (χ3n) is 3.82. The number of pyridine rings is 2. The second-order valence-electron chi connectivity index (χ2n) is 5.26. The summed E-state index contributed by atoms with van der Waals surface area (Å²) in [6.45, 7) is 1.55. The minimum absolute atomic E-state index is 0.214. The van der Waals surface area contributed by atoms with E-state index in [1.807, 2.05) is 30.1 Å². The smallest absolute Gasteiger partial charge is 0.353 e. The molecule has 1 aliphatic rings. The molecule has 0 saturated carbocycles. The largest absolute Gasteiger partial charge is 0.417 e. The molecule has 3 rings (SSSR count). The summed E-state index contributed by atoms with van der Waals surface area (Å²) in [5.41, 5.74) is -0.728. The van der Waals surface area contributed by atoms with Crippen molar-refractivity contribution in [3.8, 4) is 0 Å². The van der Waals surface area contributed by atoms with Gasteiger partial charge in [0.25, 0.3) is 0 Å². The van der Waals surface area contributed by atoms with Crippen molar-refractivity contribution in [3.05, 3.63) is 48.3 Å². The van der Waals surface area contributed by atoms with Gasteiger partial charge in [0, 0.05) is 32.5 Å². The first-order valence-corrected chi connectivity index (χ1v) is 6.87. The van der Waals surface area contributed by atoms with Gasteiger partial charge in [-0.15, -0.1) is 0 Å². The van der Waals surface area contributed by atoms with E-state index in [9.17, 15) is 13.2 Å². The topological polar surface area (TPSA) is 32.3 Å². The SMILES string of the molecule is CN(c1ccc(C(F)(F)F)cn1)C1CN(c2ccccn2)C1. The number of halogens is 3. The van der Waals surface area contributed by atoms with Gasteiger partial charge >= 0.3 is 6.18 Å². The number of nitrogens with zero attached hydrogens (tertiary/aromatic N) is 4. The average Bonchev–Trinajstić information content (AvgIpc) is 2.46. The maximum Gasteiger partial charge on any atom is 0.417 e. The molecule has 0 aliphatic carbocycles. The molecule has 3 heterocycles. The standard InChI is InChI=1S/C15H15F3N4/c1-21(13-6-5-11(8-20-13)15(16,17)18)12-9-22(10-12)14-4-2-3-7-19-14/h2-8,12H,9-10H2,1H3. The number of aromatic nitrogens is 2. The van der Waals surface area contributed by atoms with E-state index >= 15 is 0 Å². The van der Waals surface area contributed by atoms with Crippen molar-refractivity contribution in [3.63, 3.8) is 0 Å². The molecular formula is C15H15F3N4. The lowest BCUT2D eigenvalue weighted by molar-refractivity contribution is -0.137. The molecule has 0 aromatic carbocycles. The number of alkyl halides is 3. The van der Waals surface area contributed by atoms with Crippen LogP contribution >= 0.6 is 0 Å². The Morgan fingerprint density at radius 2 is 1.91 bits per heavy atom. The van der Waals surface area contributed by atoms with Gasteiger partial charge in [-0.3, -0.25) is 0 Å². The summed E-state index contributed by atoms with van der Waals surface area (Å²) in [6.07, 6.45) is -1.73. The lowest BCUT2D eigenvalue weighted by Gasteiger charge is -2.45. The van der Waals surface area contributed by atoms with Crippen LogP contribution < -0.4 is 9.80 Å². The van der Waals surface area contributed by atoms with Crippen LogP contribution in [0, 0.1) is 0 Å². The molecule has 22 heavy (non-hydrogen) atoms. The predicted molar refractivity (Wildman–Crippen MR) is 77.9 cm³/mol. The van der Waals surface area contributed by atoms with Crippen molar-refractivity contribution in [2.45, 2.75) is 12.2 Å². The van der Waals surface area contributed by atoms with Crippen molar-refractivity contribution >= 4 is 11.6 Å². The number of hydrogen-bond acceptors (Lipinski definition) is 4. The molecule has 4 nitrogen and oxygen atoms in total. The molecule has 0 spiro atoms. The first kappa shape index (κ1) is 14.6. The van der Waals surface area contributed by atoms with Gasteiger partial charge in [-0.2, -0.15) is 13.2 Å². The predicted octanol–water partition coefficient (Wildman–Crippen LogP) is 2.82. The quantitative estimate of drug-likeness (QED) is 0.873. The third kappa shape index (κ3) is 2.84. The zero-order valence-electron chi connectivity index (χ0n) is 12.0. The van der Waals surface area contributed by atoms with E-state index in [1.54, 1.807) is 6.20 Å². The van der Waals surface area contributed by atoms with Gasteiger partial charge in [-0.05, 0) is 24.3 Å². The van der Waals surface area contributed by atoms with Crippen molar-refractivity contribution in [2.75, 3.05) is 29.9 Å². The Bertz CT molecular complexity index is 621. The molecule has 1 saturated heterocycles. The van der Waals surface area contributed by atoms with Gasteiger partial charge in [0.05, 0.1) is 11.6 Å². The number of anilines is 2. The molecule has 0 atom stereocenters. The second-order valence-corrected chi connectivity index (χ2v) is 5.26. The molecule has 116 valence electrons. The van der Waals surface area contributed by atoms with Crippen LogP contribution in [0.4, 0.5) is 24.8 Å². The van der Waals surface area contributed by atoms with Crippen LogP contribution in [-0.2, 0) is 6.18 Å². The summed E-state index contributed by atoms with van der Waals surface area (Å²) >= 11 is 0. The summed E-state index contributed by atoms with van der Waals surface area (Å²) in [5, 5.41) is 0. The lowest BCUT2D eigenvalue weighted by Crippen LogP contribution is -2.59. The van der Waals surface area contributed by atoms with Crippen LogP contribution in [0.2, 0.25) is 0 Å². The summed E-state index contributed by atoms with van der Waals surface area (Å²) in [6, 6.07) is 8.41. The van der Waals surface area contributed by atoms with Crippen molar-refractivity contribution in [2.24, 2.45) is 0 Å². The second kappa shape index (κ2) is 5.47. The Morgan fingerprint density at radius 1 is 1.14 bits per heavy atom. The van der Waals surface area contributed by atoms with Gasteiger partial charge in [-0.1, -0.05) is 6.07 Å². The Labute approximate surface area is 126 Å². The van der Waals surface area contributed by atoms with Gasteiger partial charge in [0.2, 0.25) is 0 Å². The molecular weight excluding hydrogens is 293 g/mol. The molecule has 0 amide bonds. The maximum atomic E-state index is 12.5. The van der Waals surface area contributed by atoms with Crippen molar-refractivity contribution in [1.29, 1.82) is 0 Å². The molecule has 0 bridgehead atoms. The highest BCUT2D eigenvalue weighted by Crippen LogP contribution is 2.30. The first-order valence-electron chi connectivity index (χ1n) is 6.87. The molecule has 0 unspecified atom stereocenters. The lowest BCUT2D eigenvalue weighted by atomic mass is 10.1. The van der Waals surface area contributed by atoms with E-state index in [0.29, 0.717) is 5.82 Å². The fourth-order valence-electron chi connectivity index (χ4n) is 2.38. The summed E-state index contributed by atoms with van der Waals surface area (Å²) in [7, 11) is 1.84. The zero-order valence-corrected chi connectivity index (χ0v) is 12.0. The highest BCUT2D eigenvalue weighted by atomic mass is 19.4. The third-order valence-corrected chi connectivity index (χ3v) is 3.82. The zero-order chi connectivity index (χ0) is 15.7. The molecule has 2 aromatic heterocycles. The molecule has 0 N–H and O–H groups in total. The van der Waals surface area contributed by atoms with E-state index in [0.717, 1.165) is 31.2 Å². The molecule has 1 aliphatic heterocycles. The number of likely N-dealkylation sites (N-methyl/N-ethyl adjacent to an activating group) is 1. The van der Waals surface area contributed by atoms with E-state index in [-0.39, 0.29) is 6.04 Å². The Kier molecular flexibility index (Phi) is 3.64. The van der Waals surface area contributed by atoms with Gasteiger partial charge < -0.3 is 9.80 Å². The van der Waals surface area contributed by atoms with Gasteiger partial charge in [-0.25, -0.2) is 9.97 Å². The van der Waals surface area contributed by atoms with Crippen LogP contribution in [0.15, 0.2) is 42.7 Å². The summed E-state index contributed by atoms with van der Waals surface area (Å²) in [5.74, 6) is 1.45. The molecule has 1 fully saturated rings. The van der Waals surface area contributed by atoms with Gasteiger partial charge in [0.15, 0.2) is 0 Å². The number of rotatable bonds is 3. The molecule has 2 aromatic rings. The van der Waals surface area contributed by atoms with E-state index in [4.69, 9.17) is 0 Å². The Morgan fingerprint density at radius 3 is 2.45 bits per heavy atom. The minimum atomic E-state index is -4.35. The van der Waals surface area contributed by atoms with Crippen LogP contribution in [-0.4, -0.2) is 36.1 Å². The monoisotopic (exact) mass is 308 g/mol.